The molecule has 10 nitrogen and oxygen atoms in total. The Kier molecular flexibility index (Phi) is 9.73. The normalized spacial score (nSPS) is 14.3. The van der Waals surface area contributed by atoms with E-state index >= 15 is 0 Å². The number of imide groups is 1. The van der Waals surface area contributed by atoms with E-state index in [-0.39, 0.29) is 51.4 Å². The van der Waals surface area contributed by atoms with E-state index in [0.717, 1.165) is 16.7 Å². The predicted octanol–water partition coefficient (Wildman–Crippen LogP) is 5.69. The van der Waals surface area contributed by atoms with Gasteiger partial charge < -0.3 is 19.0 Å². The number of carbonyl (C=O) groups is 3. The number of thioether (sulfide) groups is 1. The quantitative estimate of drug-likeness (QED) is 0.204. The summed E-state index contributed by atoms with van der Waals surface area (Å²) >= 11 is 4.14. The number of halogens is 1. The topological polar surface area (TPSA) is 128 Å². The summed E-state index contributed by atoms with van der Waals surface area (Å²) in [7, 11) is -4.27. The molecule has 0 aromatic heterocycles. The summed E-state index contributed by atoms with van der Waals surface area (Å²) in [6.45, 7) is 3.50. The van der Waals surface area contributed by atoms with Gasteiger partial charge in [-0.3, -0.25) is 19.3 Å². The largest absolute Gasteiger partial charge is 0.492 e. The number of para-hydroxylation sites is 1. The van der Waals surface area contributed by atoms with Gasteiger partial charge in [-0.15, -0.1) is 0 Å². The van der Waals surface area contributed by atoms with Gasteiger partial charge in [-0.2, -0.15) is 8.42 Å². The molecule has 0 radical (unpaired) electrons. The number of amides is 3. The molecule has 1 aliphatic rings. The molecule has 1 fully saturated rings. The summed E-state index contributed by atoms with van der Waals surface area (Å²) in [5.41, 5.74) is 0.917. The van der Waals surface area contributed by atoms with E-state index in [9.17, 15) is 22.8 Å². The van der Waals surface area contributed by atoms with Crippen molar-refractivity contribution in [3.8, 4) is 17.2 Å². The molecule has 0 saturated carbocycles. The fraction of sp³-hybridized carbons (Fsp3) is 0.179. The molecule has 0 aliphatic carbocycles. The van der Waals surface area contributed by atoms with Crippen LogP contribution in [-0.2, 0) is 19.7 Å². The Morgan fingerprint density at radius 3 is 2.41 bits per heavy atom. The first kappa shape index (κ1) is 30.2. The maximum Gasteiger partial charge on any atom is 0.339 e. The summed E-state index contributed by atoms with van der Waals surface area (Å²) in [5.74, 6) is -0.0850. The zero-order valence-corrected chi connectivity index (χ0v) is 25.2. The van der Waals surface area contributed by atoms with Crippen molar-refractivity contribution in [3.63, 3.8) is 0 Å². The van der Waals surface area contributed by atoms with Gasteiger partial charge in [0.1, 0.15) is 17.3 Å². The second kappa shape index (κ2) is 13.2. The monoisotopic (exact) mass is 660 g/mol. The third-order valence-electron chi connectivity index (χ3n) is 5.49. The maximum atomic E-state index is 13.0. The number of ether oxygens (including phenoxy) is 2. The SMILES string of the molecule is CCOc1cc(/C=C2\SC(=O)N(CCOc3ccccc3)C2=O)cc(Br)c1OS(=O)(=O)c1ccc(NC(C)=O)cc1. The van der Waals surface area contributed by atoms with Crippen LogP contribution in [0.1, 0.15) is 19.4 Å². The number of carbonyl (C=O) groups excluding carboxylic acids is 3. The van der Waals surface area contributed by atoms with Crippen LogP contribution in [0.4, 0.5) is 10.5 Å². The van der Waals surface area contributed by atoms with Gasteiger partial charge in [0.05, 0.1) is 22.5 Å². The molecule has 3 amide bonds. The van der Waals surface area contributed by atoms with Crippen molar-refractivity contribution in [3.05, 3.63) is 81.7 Å². The molecular formula is C28H25BrN2O8S2. The van der Waals surface area contributed by atoms with Crippen molar-refractivity contribution in [2.75, 3.05) is 25.1 Å². The highest BCUT2D eigenvalue weighted by Gasteiger charge is 2.35. The van der Waals surface area contributed by atoms with Crippen LogP contribution >= 0.6 is 27.7 Å². The summed E-state index contributed by atoms with van der Waals surface area (Å²) in [5, 5.41) is 2.15. The third-order valence-corrected chi connectivity index (χ3v) is 8.22. The second-order valence-electron chi connectivity index (χ2n) is 8.50. The molecule has 1 N–H and O–H groups in total. The fourth-order valence-corrected chi connectivity index (χ4v) is 6.17. The minimum Gasteiger partial charge on any atom is -0.492 e. The molecule has 0 bridgehead atoms. The van der Waals surface area contributed by atoms with Crippen molar-refractivity contribution in [1.82, 2.24) is 4.90 Å². The van der Waals surface area contributed by atoms with E-state index in [2.05, 4.69) is 21.2 Å². The molecule has 3 aromatic carbocycles. The van der Waals surface area contributed by atoms with E-state index in [1.165, 1.54) is 43.3 Å². The molecule has 41 heavy (non-hydrogen) atoms. The van der Waals surface area contributed by atoms with Crippen LogP contribution in [0.5, 0.6) is 17.2 Å². The van der Waals surface area contributed by atoms with Crippen LogP contribution in [0.2, 0.25) is 0 Å². The molecule has 4 rings (SSSR count). The lowest BCUT2D eigenvalue weighted by molar-refractivity contribution is -0.123. The smallest absolute Gasteiger partial charge is 0.339 e. The first-order valence-electron chi connectivity index (χ1n) is 12.3. The summed E-state index contributed by atoms with van der Waals surface area (Å²) < 4.78 is 42.9. The zero-order valence-electron chi connectivity index (χ0n) is 22.0. The molecular weight excluding hydrogens is 636 g/mol. The maximum absolute atomic E-state index is 13.0. The number of anilines is 1. The fourth-order valence-electron chi connectivity index (χ4n) is 3.70. The van der Waals surface area contributed by atoms with Crippen molar-refractivity contribution >= 4 is 66.6 Å². The molecule has 1 saturated heterocycles. The van der Waals surface area contributed by atoms with Crippen LogP contribution in [0.3, 0.4) is 0 Å². The van der Waals surface area contributed by atoms with Gasteiger partial charge in [0, 0.05) is 12.6 Å². The molecule has 0 unspecified atom stereocenters. The van der Waals surface area contributed by atoms with E-state index in [1.54, 1.807) is 25.1 Å². The van der Waals surface area contributed by atoms with E-state index in [0.29, 0.717) is 17.0 Å². The second-order valence-corrected chi connectivity index (χ2v) is 11.9. The Hall–Kier alpha value is -3.81. The van der Waals surface area contributed by atoms with Gasteiger partial charge in [-0.1, -0.05) is 18.2 Å². The molecule has 0 spiro atoms. The number of rotatable bonds is 11. The number of nitrogens with zero attached hydrogens (tertiary/aromatic N) is 1. The van der Waals surface area contributed by atoms with E-state index in [1.807, 2.05) is 18.2 Å². The number of nitrogens with one attached hydrogen (secondary N) is 1. The first-order chi connectivity index (χ1) is 19.6. The molecule has 1 aliphatic heterocycles. The summed E-state index contributed by atoms with van der Waals surface area (Å²) in [4.78, 5) is 37.9. The average Bonchev–Trinajstić information content (AvgIpc) is 3.18. The van der Waals surface area contributed by atoms with Crippen LogP contribution < -0.4 is 19.0 Å². The van der Waals surface area contributed by atoms with Crippen molar-refractivity contribution in [1.29, 1.82) is 0 Å². The number of benzene rings is 3. The lowest BCUT2D eigenvalue weighted by atomic mass is 10.2. The summed E-state index contributed by atoms with van der Waals surface area (Å²) in [6, 6.07) is 17.7. The average molecular weight is 662 g/mol. The number of hydrogen-bond donors (Lipinski definition) is 1. The van der Waals surface area contributed by atoms with Gasteiger partial charge in [0.25, 0.3) is 11.1 Å². The Morgan fingerprint density at radius 1 is 1.05 bits per heavy atom. The molecule has 0 atom stereocenters. The van der Waals surface area contributed by atoms with Gasteiger partial charge >= 0.3 is 10.1 Å². The highest BCUT2D eigenvalue weighted by molar-refractivity contribution is 9.10. The van der Waals surface area contributed by atoms with Crippen LogP contribution in [0, 0.1) is 0 Å². The minimum absolute atomic E-state index is 0.0823. The Bertz CT molecular complexity index is 1590. The Labute approximate surface area is 249 Å². The van der Waals surface area contributed by atoms with Crippen LogP contribution in [0.25, 0.3) is 6.08 Å². The van der Waals surface area contributed by atoms with Gasteiger partial charge in [-0.05, 0) is 94.8 Å². The van der Waals surface area contributed by atoms with Crippen molar-refractivity contribution in [2.45, 2.75) is 18.7 Å². The Balaban J connectivity index is 1.52. The van der Waals surface area contributed by atoms with Gasteiger partial charge in [-0.25, -0.2) is 0 Å². The highest BCUT2D eigenvalue weighted by atomic mass is 79.9. The van der Waals surface area contributed by atoms with Gasteiger partial charge in [0.2, 0.25) is 5.91 Å². The Morgan fingerprint density at radius 2 is 1.76 bits per heavy atom. The highest BCUT2D eigenvalue weighted by Crippen LogP contribution is 2.40. The van der Waals surface area contributed by atoms with Crippen LogP contribution in [-0.4, -0.2) is 50.1 Å². The third kappa shape index (κ3) is 7.69. The molecule has 1 heterocycles. The lowest BCUT2D eigenvalue weighted by Crippen LogP contribution is -2.32. The van der Waals surface area contributed by atoms with Crippen molar-refractivity contribution < 1.29 is 36.5 Å². The van der Waals surface area contributed by atoms with Gasteiger partial charge in [0.15, 0.2) is 11.5 Å². The summed E-state index contributed by atoms with van der Waals surface area (Å²) in [6.07, 6.45) is 1.52. The van der Waals surface area contributed by atoms with E-state index < -0.39 is 21.3 Å². The lowest BCUT2D eigenvalue weighted by Gasteiger charge is -2.15. The molecule has 3 aromatic rings. The minimum atomic E-state index is -4.27. The number of hydrogen-bond acceptors (Lipinski definition) is 9. The van der Waals surface area contributed by atoms with Crippen molar-refractivity contribution in [2.24, 2.45) is 0 Å². The molecule has 214 valence electrons. The van der Waals surface area contributed by atoms with Crippen LogP contribution in [0.15, 0.2) is 81.0 Å². The predicted molar refractivity (Wildman–Crippen MR) is 158 cm³/mol. The zero-order chi connectivity index (χ0) is 29.6. The van der Waals surface area contributed by atoms with E-state index in [4.69, 9.17) is 13.7 Å². The molecule has 13 heteroatoms. The standard InChI is InChI=1S/C28H25BrN2O8S2/c1-3-37-24-16-19(17-25-27(33)31(28(34)40-25)13-14-38-21-7-5-4-6-8-21)15-23(29)26(24)39-41(35,36)22-11-9-20(10-12-22)30-18(2)32/h4-12,15-17H,3,13-14H2,1-2H3,(H,30,32)/b25-17-. The first-order valence-corrected chi connectivity index (χ1v) is 15.3.